The number of furan rings is 1. The van der Waals surface area contributed by atoms with E-state index in [-0.39, 0.29) is 24.0 Å². The molecule has 3 amide bonds. The van der Waals surface area contributed by atoms with Gasteiger partial charge >= 0.3 is 6.03 Å². The van der Waals surface area contributed by atoms with Crippen LogP contribution in [0.15, 0.2) is 47.1 Å². The molecule has 1 aromatic heterocycles. The summed E-state index contributed by atoms with van der Waals surface area (Å²) < 4.78 is 5.17. The molecule has 0 spiro atoms. The van der Waals surface area contributed by atoms with Crippen LogP contribution in [0.2, 0.25) is 0 Å². The molecule has 1 fully saturated rings. The van der Waals surface area contributed by atoms with Gasteiger partial charge in [-0.05, 0) is 48.9 Å². The van der Waals surface area contributed by atoms with E-state index in [0.29, 0.717) is 18.8 Å². The zero-order valence-corrected chi connectivity index (χ0v) is 14.6. The minimum atomic E-state index is -0.123. The predicted molar refractivity (Wildman–Crippen MR) is 96.8 cm³/mol. The van der Waals surface area contributed by atoms with Crippen LogP contribution >= 0.6 is 0 Å². The summed E-state index contributed by atoms with van der Waals surface area (Å²) in [6.07, 6.45) is 4.96. The molecule has 2 N–H and O–H groups in total. The number of hydrogen-bond acceptors (Lipinski definition) is 3. The molecule has 1 atom stereocenters. The quantitative estimate of drug-likeness (QED) is 0.891. The van der Waals surface area contributed by atoms with Crippen molar-refractivity contribution in [1.82, 2.24) is 15.5 Å². The van der Waals surface area contributed by atoms with E-state index in [2.05, 4.69) is 22.8 Å². The zero-order chi connectivity index (χ0) is 17.9. The van der Waals surface area contributed by atoms with Crippen LogP contribution in [0.4, 0.5) is 4.79 Å². The summed E-state index contributed by atoms with van der Waals surface area (Å²) in [5, 5.41) is 6.15. The highest BCUT2D eigenvalue weighted by Crippen LogP contribution is 2.30. The number of carbonyl (C=O) groups excluding carboxylic acids is 2. The normalized spacial score (nSPS) is 19.8. The highest BCUT2D eigenvalue weighted by Gasteiger charge is 2.27. The fourth-order valence-electron chi connectivity index (χ4n) is 3.88. The minimum Gasteiger partial charge on any atom is -0.459 e. The highest BCUT2D eigenvalue weighted by molar-refractivity contribution is 5.91. The highest BCUT2D eigenvalue weighted by atomic mass is 16.3. The molecule has 0 saturated carbocycles. The summed E-state index contributed by atoms with van der Waals surface area (Å²) in [5.74, 6) is 0.287. The minimum absolute atomic E-state index is 0.0829. The summed E-state index contributed by atoms with van der Waals surface area (Å²) in [7, 11) is 0. The molecule has 0 radical (unpaired) electrons. The van der Waals surface area contributed by atoms with E-state index in [1.54, 1.807) is 17.0 Å². The van der Waals surface area contributed by atoms with Crippen LogP contribution in [-0.2, 0) is 6.42 Å². The fourth-order valence-corrected chi connectivity index (χ4v) is 3.88. The molecular weight excluding hydrogens is 330 g/mol. The standard InChI is InChI=1S/C20H23N3O3/c24-19(18-6-3-13-26-18)23-11-9-15(10-12-23)21-20(25)22-17-8-7-14-4-1-2-5-16(14)17/h1-6,13,15,17H,7-12H2,(H2,21,22,25). The molecule has 6 nitrogen and oxygen atoms in total. The van der Waals surface area contributed by atoms with Gasteiger partial charge in [-0.1, -0.05) is 24.3 Å². The molecule has 1 aromatic carbocycles. The van der Waals surface area contributed by atoms with Crippen molar-refractivity contribution < 1.29 is 14.0 Å². The molecule has 2 heterocycles. The Hall–Kier alpha value is -2.76. The van der Waals surface area contributed by atoms with Crippen molar-refractivity contribution in [2.45, 2.75) is 37.8 Å². The third-order valence-corrected chi connectivity index (χ3v) is 5.29. The maximum atomic E-state index is 12.4. The second-order valence-electron chi connectivity index (χ2n) is 6.95. The zero-order valence-electron chi connectivity index (χ0n) is 14.6. The second-order valence-corrected chi connectivity index (χ2v) is 6.95. The Bertz CT molecular complexity index is 779. The Labute approximate surface area is 152 Å². The Morgan fingerprint density at radius 1 is 1.00 bits per heavy atom. The number of fused-ring (bicyclic) bond motifs is 1. The van der Waals surface area contributed by atoms with Gasteiger partial charge in [-0.25, -0.2) is 4.79 Å². The fraction of sp³-hybridized carbons (Fsp3) is 0.400. The third-order valence-electron chi connectivity index (χ3n) is 5.29. The van der Waals surface area contributed by atoms with Gasteiger partial charge in [0.1, 0.15) is 0 Å². The van der Waals surface area contributed by atoms with E-state index in [4.69, 9.17) is 4.42 Å². The predicted octanol–water partition coefficient (Wildman–Crippen LogP) is 2.87. The lowest BCUT2D eigenvalue weighted by molar-refractivity contribution is 0.0676. The molecule has 26 heavy (non-hydrogen) atoms. The van der Waals surface area contributed by atoms with E-state index in [0.717, 1.165) is 25.7 Å². The lowest BCUT2D eigenvalue weighted by Gasteiger charge is -2.32. The number of benzene rings is 1. The number of nitrogens with one attached hydrogen (secondary N) is 2. The first-order valence-electron chi connectivity index (χ1n) is 9.18. The van der Waals surface area contributed by atoms with E-state index in [9.17, 15) is 9.59 Å². The van der Waals surface area contributed by atoms with Crippen molar-refractivity contribution in [3.05, 3.63) is 59.5 Å². The van der Waals surface area contributed by atoms with Gasteiger partial charge in [0.2, 0.25) is 0 Å². The van der Waals surface area contributed by atoms with Crippen molar-refractivity contribution in [3.63, 3.8) is 0 Å². The number of piperidine rings is 1. The smallest absolute Gasteiger partial charge is 0.315 e. The SMILES string of the molecule is O=C(NC1CCN(C(=O)c2ccco2)CC1)NC1CCc2ccccc21. The average molecular weight is 353 g/mol. The van der Waals surface area contributed by atoms with Crippen LogP contribution in [0.1, 0.15) is 47.0 Å². The molecule has 1 aliphatic carbocycles. The van der Waals surface area contributed by atoms with Gasteiger partial charge in [0.05, 0.1) is 12.3 Å². The Morgan fingerprint density at radius 3 is 2.58 bits per heavy atom. The van der Waals surface area contributed by atoms with Crippen molar-refractivity contribution >= 4 is 11.9 Å². The lowest BCUT2D eigenvalue weighted by Crippen LogP contribution is -2.49. The largest absolute Gasteiger partial charge is 0.459 e. The number of carbonyl (C=O) groups is 2. The Balaban J connectivity index is 1.26. The molecule has 1 aliphatic heterocycles. The van der Waals surface area contributed by atoms with E-state index >= 15 is 0 Å². The van der Waals surface area contributed by atoms with Crippen molar-refractivity contribution in [2.24, 2.45) is 0 Å². The first kappa shape index (κ1) is 16.7. The van der Waals surface area contributed by atoms with Gasteiger partial charge in [0.15, 0.2) is 5.76 Å². The van der Waals surface area contributed by atoms with Gasteiger partial charge in [-0.2, -0.15) is 0 Å². The van der Waals surface area contributed by atoms with Gasteiger partial charge in [0, 0.05) is 19.1 Å². The number of nitrogens with zero attached hydrogens (tertiary/aromatic N) is 1. The Morgan fingerprint density at radius 2 is 1.81 bits per heavy atom. The molecule has 2 aromatic rings. The number of amides is 3. The molecule has 1 saturated heterocycles. The lowest BCUT2D eigenvalue weighted by atomic mass is 10.0. The van der Waals surface area contributed by atoms with Crippen LogP contribution in [0.3, 0.4) is 0 Å². The summed E-state index contributed by atoms with van der Waals surface area (Å²) in [6, 6.07) is 11.7. The summed E-state index contributed by atoms with van der Waals surface area (Å²) in [5.41, 5.74) is 2.55. The second kappa shape index (κ2) is 7.23. The van der Waals surface area contributed by atoms with Gasteiger partial charge in [0.25, 0.3) is 5.91 Å². The average Bonchev–Trinajstić information content (AvgIpc) is 3.32. The molecule has 1 unspecified atom stereocenters. The van der Waals surface area contributed by atoms with Crippen LogP contribution in [-0.4, -0.2) is 36.0 Å². The van der Waals surface area contributed by atoms with Crippen molar-refractivity contribution in [2.75, 3.05) is 13.1 Å². The maximum Gasteiger partial charge on any atom is 0.315 e. The van der Waals surface area contributed by atoms with Gasteiger partial charge in [-0.3, -0.25) is 4.79 Å². The third kappa shape index (κ3) is 3.45. The van der Waals surface area contributed by atoms with Crippen molar-refractivity contribution in [1.29, 1.82) is 0 Å². The van der Waals surface area contributed by atoms with Crippen LogP contribution in [0.25, 0.3) is 0 Å². The molecule has 4 rings (SSSR count). The number of aryl methyl sites for hydroxylation is 1. The Kier molecular flexibility index (Phi) is 4.65. The van der Waals surface area contributed by atoms with Gasteiger partial charge < -0.3 is 20.0 Å². The first-order chi connectivity index (χ1) is 12.7. The van der Waals surface area contributed by atoms with Crippen LogP contribution in [0, 0.1) is 0 Å². The molecule has 0 bridgehead atoms. The van der Waals surface area contributed by atoms with Crippen LogP contribution < -0.4 is 10.6 Å². The summed E-state index contributed by atoms with van der Waals surface area (Å²) >= 11 is 0. The molecule has 2 aliphatic rings. The molecule has 136 valence electrons. The van der Waals surface area contributed by atoms with Gasteiger partial charge in [-0.15, -0.1) is 0 Å². The molecule has 6 heteroatoms. The first-order valence-corrected chi connectivity index (χ1v) is 9.18. The summed E-state index contributed by atoms with van der Waals surface area (Å²) in [4.78, 5) is 26.4. The maximum absolute atomic E-state index is 12.4. The van der Waals surface area contributed by atoms with E-state index < -0.39 is 0 Å². The monoisotopic (exact) mass is 353 g/mol. The van der Waals surface area contributed by atoms with E-state index in [1.165, 1.54) is 17.4 Å². The van der Waals surface area contributed by atoms with Crippen LogP contribution in [0.5, 0.6) is 0 Å². The number of likely N-dealkylation sites (tertiary alicyclic amines) is 1. The number of urea groups is 1. The number of hydrogen-bond donors (Lipinski definition) is 2. The summed E-state index contributed by atoms with van der Waals surface area (Å²) in [6.45, 7) is 1.24. The number of rotatable bonds is 3. The van der Waals surface area contributed by atoms with E-state index in [1.807, 2.05) is 12.1 Å². The van der Waals surface area contributed by atoms with Crippen molar-refractivity contribution in [3.8, 4) is 0 Å². The topological polar surface area (TPSA) is 74.6 Å². The molecular formula is C20H23N3O3.